The van der Waals surface area contributed by atoms with Gasteiger partial charge in [-0.3, -0.25) is 10.6 Å². The van der Waals surface area contributed by atoms with Crippen LogP contribution >= 0.6 is 0 Å². The molecule has 0 aliphatic heterocycles. The van der Waals surface area contributed by atoms with E-state index in [1.807, 2.05) is 97.1 Å². The lowest BCUT2D eigenvalue weighted by Crippen LogP contribution is -2.22. The molecule has 0 saturated carbocycles. The SMILES string of the molecule is C[Si](C)(C)C#C[C@H](/C=C/CCCCCCCCCC/C=C/[C@H](C#C[Si](C)(C)C)OC(=O)Nc1cccc2ccccc12)OC(=O)Nc1cccc2ccccc12. The topological polar surface area (TPSA) is 76.7 Å². The number of carbonyl (C=O) groups is 2. The van der Waals surface area contributed by atoms with Crippen LogP contribution in [0.15, 0.2) is 109 Å². The summed E-state index contributed by atoms with van der Waals surface area (Å²) >= 11 is 0. The average Bonchev–Trinajstić information content (AvgIpc) is 3.15. The zero-order valence-electron chi connectivity index (χ0n) is 34.3. The first-order valence-electron chi connectivity index (χ1n) is 20.2. The Morgan fingerprint density at radius 1 is 0.536 bits per heavy atom. The van der Waals surface area contributed by atoms with Crippen molar-refractivity contribution in [3.8, 4) is 22.9 Å². The third-order valence-corrected chi connectivity index (χ3v) is 10.6. The normalized spacial score (nSPS) is 12.8. The summed E-state index contributed by atoms with van der Waals surface area (Å²) in [5.74, 6) is 6.41. The van der Waals surface area contributed by atoms with E-state index < -0.39 is 40.5 Å². The van der Waals surface area contributed by atoms with E-state index in [1.54, 1.807) is 0 Å². The van der Waals surface area contributed by atoms with Crippen molar-refractivity contribution in [2.24, 2.45) is 0 Å². The van der Waals surface area contributed by atoms with Crippen LogP contribution in [0.5, 0.6) is 0 Å². The second-order valence-electron chi connectivity index (χ2n) is 16.3. The highest BCUT2D eigenvalue weighted by atomic mass is 28.3. The number of carbonyl (C=O) groups excluding carboxylic acids is 2. The molecule has 0 aliphatic carbocycles. The number of allylic oxidation sites excluding steroid dienone is 2. The summed E-state index contributed by atoms with van der Waals surface area (Å²) in [6.45, 7) is 13.1. The standard InChI is InChI=1S/C48H60N2O4Si2/c1-55(2,3)37-35-41(53-47(51)49-45-33-23-27-39-25-19-21-31-43(39)45)29-17-15-13-11-9-7-8-10-12-14-16-18-30-42(36-38-56(4,5)6)54-48(52)50-46-34-24-28-40-26-20-22-32-44(40)46/h17-34,41-42H,7-16H2,1-6H3,(H,49,51)(H,50,52)/b29-17+,30-18+/t41-,42+. The molecule has 0 aliphatic rings. The maximum atomic E-state index is 12.9. The van der Waals surface area contributed by atoms with E-state index in [0.29, 0.717) is 0 Å². The molecule has 0 radical (unpaired) electrons. The summed E-state index contributed by atoms with van der Waals surface area (Å²) in [7, 11) is -3.27. The quantitative estimate of drug-likeness (QED) is 0.0484. The van der Waals surface area contributed by atoms with Gasteiger partial charge in [0.1, 0.15) is 16.1 Å². The first-order chi connectivity index (χ1) is 26.9. The molecule has 8 heteroatoms. The Labute approximate surface area is 337 Å². The largest absolute Gasteiger partial charge is 0.428 e. The van der Waals surface area contributed by atoms with Crippen LogP contribution < -0.4 is 10.6 Å². The molecule has 0 saturated heterocycles. The third-order valence-electron chi connectivity index (χ3n) is 8.81. The van der Waals surface area contributed by atoms with Crippen molar-refractivity contribution in [1.82, 2.24) is 0 Å². The summed E-state index contributed by atoms with van der Waals surface area (Å²) in [6, 6.07) is 27.6. The van der Waals surface area contributed by atoms with E-state index in [2.05, 4.69) is 85.0 Å². The van der Waals surface area contributed by atoms with Gasteiger partial charge in [-0.25, -0.2) is 9.59 Å². The van der Waals surface area contributed by atoms with Gasteiger partial charge in [0, 0.05) is 10.8 Å². The highest BCUT2D eigenvalue weighted by Crippen LogP contribution is 2.24. The summed E-state index contributed by atoms with van der Waals surface area (Å²) in [4.78, 5) is 25.7. The van der Waals surface area contributed by atoms with Crippen molar-refractivity contribution < 1.29 is 19.1 Å². The minimum Gasteiger partial charge on any atom is -0.428 e. The minimum atomic E-state index is -1.64. The Morgan fingerprint density at radius 2 is 0.893 bits per heavy atom. The van der Waals surface area contributed by atoms with E-state index in [1.165, 1.54) is 38.5 Å². The van der Waals surface area contributed by atoms with Gasteiger partial charge in [0.15, 0.2) is 12.2 Å². The maximum Gasteiger partial charge on any atom is 0.413 e. The Balaban J connectivity index is 1.11. The number of anilines is 2. The molecule has 4 aromatic rings. The number of unbranched alkanes of at least 4 members (excludes halogenated alkanes) is 9. The number of hydrogen-bond donors (Lipinski definition) is 2. The fourth-order valence-corrected chi connectivity index (χ4v) is 7.16. The molecule has 4 aromatic carbocycles. The van der Waals surface area contributed by atoms with Gasteiger partial charge in [0.2, 0.25) is 0 Å². The third kappa shape index (κ3) is 16.8. The van der Waals surface area contributed by atoms with Crippen molar-refractivity contribution in [3.63, 3.8) is 0 Å². The summed E-state index contributed by atoms with van der Waals surface area (Å²) in [5.41, 5.74) is 8.16. The van der Waals surface area contributed by atoms with Gasteiger partial charge in [-0.1, -0.05) is 175 Å². The molecule has 2 N–H and O–H groups in total. The molecule has 0 fully saturated rings. The molecule has 2 atom stereocenters. The maximum absolute atomic E-state index is 12.9. The Morgan fingerprint density at radius 3 is 1.29 bits per heavy atom. The fraction of sp³-hybridized carbons (Fsp3) is 0.375. The van der Waals surface area contributed by atoms with E-state index in [4.69, 9.17) is 9.47 Å². The molecule has 56 heavy (non-hydrogen) atoms. The molecule has 0 spiro atoms. The van der Waals surface area contributed by atoms with Gasteiger partial charge in [-0.2, -0.15) is 0 Å². The molecule has 4 rings (SSSR count). The lowest BCUT2D eigenvalue weighted by Gasteiger charge is -2.13. The lowest BCUT2D eigenvalue weighted by atomic mass is 10.1. The Hall–Kier alpha value is -5.03. The highest BCUT2D eigenvalue weighted by molar-refractivity contribution is 6.84. The fourth-order valence-electron chi connectivity index (χ4n) is 6.01. The van der Waals surface area contributed by atoms with Crippen LogP contribution in [-0.4, -0.2) is 40.5 Å². The number of nitrogens with one attached hydrogen (secondary N) is 2. The van der Waals surface area contributed by atoms with Gasteiger partial charge in [0.25, 0.3) is 0 Å². The van der Waals surface area contributed by atoms with Gasteiger partial charge >= 0.3 is 12.2 Å². The van der Waals surface area contributed by atoms with Crippen LogP contribution in [0.3, 0.4) is 0 Å². The zero-order chi connectivity index (χ0) is 40.2. The number of ether oxygens (including phenoxy) is 2. The summed E-state index contributed by atoms with van der Waals surface area (Å²) in [6.07, 6.45) is 17.2. The molecule has 0 aromatic heterocycles. The molecule has 6 nitrogen and oxygen atoms in total. The monoisotopic (exact) mass is 784 g/mol. The molecule has 0 heterocycles. The van der Waals surface area contributed by atoms with E-state index in [0.717, 1.165) is 58.6 Å². The lowest BCUT2D eigenvalue weighted by molar-refractivity contribution is 0.154. The number of rotatable bonds is 17. The molecule has 0 unspecified atom stereocenters. The van der Waals surface area contributed by atoms with Crippen LogP contribution in [0, 0.1) is 22.9 Å². The number of amides is 2. The van der Waals surface area contributed by atoms with Gasteiger partial charge < -0.3 is 9.47 Å². The Bertz CT molecular complexity index is 1910. The van der Waals surface area contributed by atoms with E-state index >= 15 is 0 Å². The van der Waals surface area contributed by atoms with E-state index in [9.17, 15) is 9.59 Å². The van der Waals surface area contributed by atoms with Gasteiger partial charge in [0.05, 0.1) is 11.4 Å². The summed E-state index contributed by atoms with van der Waals surface area (Å²) in [5, 5.41) is 9.90. The van der Waals surface area contributed by atoms with Crippen molar-refractivity contribution in [2.75, 3.05) is 10.6 Å². The molecule has 294 valence electrons. The van der Waals surface area contributed by atoms with Gasteiger partial charge in [-0.15, -0.1) is 11.1 Å². The first kappa shape index (κ1) is 43.7. The van der Waals surface area contributed by atoms with Crippen molar-refractivity contribution in [3.05, 3.63) is 109 Å². The smallest absolute Gasteiger partial charge is 0.413 e. The second kappa shape index (κ2) is 22.5. The summed E-state index contributed by atoms with van der Waals surface area (Å²) < 4.78 is 11.5. The minimum absolute atomic E-state index is 0.501. The first-order valence-corrected chi connectivity index (χ1v) is 27.2. The van der Waals surface area contributed by atoms with E-state index in [-0.39, 0.29) is 0 Å². The zero-order valence-corrected chi connectivity index (χ0v) is 36.3. The van der Waals surface area contributed by atoms with Crippen molar-refractivity contribution in [2.45, 2.75) is 116 Å². The van der Waals surface area contributed by atoms with Crippen LogP contribution in [0.4, 0.5) is 21.0 Å². The predicted octanol–water partition coefficient (Wildman–Crippen LogP) is 13.3. The molecular weight excluding hydrogens is 725 g/mol. The Kier molecular flexibility index (Phi) is 17.6. The predicted molar refractivity (Wildman–Crippen MR) is 242 cm³/mol. The van der Waals surface area contributed by atoms with Crippen LogP contribution in [0.25, 0.3) is 21.5 Å². The molecule has 0 bridgehead atoms. The highest BCUT2D eigenvalue weighted by Gasteiger charge is 2.15. The average molecular weight is 785 g/mol. The number of benzene rings is 4. The van der Waals surface area contributed by atoms with Crippen LogP contribution in [0.2, 0.25) is 39.3 Å². The molecular formula is C48H60N2O4Si2. The van der Waals surface area contributed by atoms with Crippen molar-refractivity contribution in [1.29, 1.82) is 0 Å². The van der Waals surface area contributed by atoms with Gasteiger partial charge in [-0.05, 0) is 60.7 Å². The number of fused-ring (bicyclic) bond motifs is 2. The van der Waals surface area contributed by atoms with Crippen LogP contribution in [-0.2, 0) is 9.47 Å². The number of hydrogen-bond acceptors (Lipinski definition) is 4. The molecule has 2 amide bonds. The van der Waals surface area contributed by atoms with Crippen molar-refractivity contribution >= 4 is 61.3 Å². The second-order valence-corrected chi connectivity index (χ2v) is 25.8. The van der Waals surface area contributed by atoms with Crippen LogP contribution in [0.1, 0.15) is 64.2 Å².